The fourth-order valence-corrected chi connectivity index (χ4v) is 7.20. The smallest absolute Gasteiger partial charge is 0.0836 e. The van der Waals surface area contributed by atoms with Gasteiger partial charge in [-0.3, -0.25) is 0 Å². The van der Waals surface area contributed by atoms with Crippen molar-refractivity contribution in [3.63, 3.8) is 0 Å². The number of aliphatic hydroxyl groups is 2. The Morgan fingerprint density at radius 2 is 1.71 bits per heavy atom. The van der Waals surface area contributed by atoms with Gasteiger partial charge in [-0.05, 0) is 79.4 Å². The molecule has 0 aromatic heterocycles. The van der Waals surface area contributed by atoms with Crippen molar-refractivity contribution in [2.45, 2.75) is 77.0 Å². The van der Waals surface area contributed by atoms with E-state index in [1.54, 1.807) is 0 Å². The topological polar surface area (TPSA) is 66.5 Å². The van der Waals surface area contributed by atoms with E-state index in [2.05, 4.69) is 20.4 Å². The van der Waals surface area contributed by atoms with Crippen LogP contribution in [0.5, 0.6) is 0 Å². The van der Waals surface area contributed by atoms with E-state index in [0.29, 0.717) is 11.8 Å². The average molecular weight is 356 g/mol. The van der Waals surface area contributed by atoms with Gasteiger partial charge in [0.2, 0.25) is 0 Å². The molecule has 4 N–H and O–H groups in total. The molecule has 4 aliphatic rings. The van der Waals surface area contributed by atoms with Crippen LogP contribution in [0.2, 0.25) is 0 Å². The number of rotatable bonds is 0. The Kier molecular flexibility index (Phi) is 4.65. The predicted molar refractivity (Wildman–Crippen MR) is 98.9 cm³/mol. The standard InChI is InChI=1S/C20H33NO2.ClH/c1-11-4-5-13-16-14(7-9-19(11,13)2)20(3)8-6-12(21)10-15(20)17(22)18(16)23;/h12-18,22-23H,1,4-10,21H2,2-3H3;1H/t12-,13?,14?,15?,16?,17+,18+,19+,20+;/m0./s1. The van der Waals surface area contributed by atoms with Crippen molar-refractivity contribution in [2.75, 3.05) is 0 Å². The first-order chi connectivity index (χ1) is 10.8. The SMILES string of the molecule is C=C1CCC2C3C(CC[C@]12C)[C@@]1(C)CC[C@H](N)CC1[C@@H](O)[C@@H]3O.Cl. The van der Waals surface area contributed by atoms with Crippen LogP contribution in [-0.4, -0.2) is 28.5 Å². The second kappa shape index (κ2) is 5.97. The molecule has 0 bridgehead atoms. The molecule has 9 atom stereocenters. The summed E-state index contributed by atoms with van der Waals surface area (Å²) in [5.41, 5.74) is 7.89. The van der Waals surface area contributed by atoms with E-state index >= 15 is 0 Å². The first-order valence-electron chi connectivity index (χ1n) is 9.59. The van der Waals surface area contributed by atoms with Crippen molar-refractivity contribution in [3.8, 4) is 0 Å². The third-order valence-corrected chi connectivity index (χ3v) is 8.75. The number of halogens is 1. The van der Waals surface area contributed by atoms with E-state index in [1.165, 1.54) is 18.4 Å². The first kappa shape index (κ1) is 18.7. The van der Waals surface area contributed by atoms with E-state index in [-0.39, 0.29) is 41.1 Å². The Labute approximate surface area is 152 Å². The number of hydrogen-bond acceptors (Lipinski definition) is 3. The molecular weight excluding hydrogens is 322 g/mol. The average Bonchev–Trinajstić information content (AvgIpc) is 2.82. The normalized spacial score (nSPS) is 56.7. The van der Waals surface area contributed by atoms with Gasteiger partial charge >= 0.3 is 0 Å². The molecule has 4 aliphatic carbocycles. The van der Waals surface area contributed by atoms with E-state index in [0.717, 1.165) is 32.1 Å². The van der Waals surface area contributed by atoms with Crippen molar-refractivity contribution < 1.29 is 10.2 Å². The Hall–Kier alpha value is -0.0900. The molecule has 0 amide bonds. The van der Waals surface area contributed by atoms with Crippen LogP contribution >= 0.6 is 12.4 Å². The molecule has 0 radical (unpaired) electrons. The van der Waals surface area contributed by atoms with Gasteiger partial charge in [-0.1, -0.05) is 26.0 Å². The van der Waals surface area contributed by atoms with Crippen molar-refractivity contribution in [3.05, 3.63) is 12.2 Å². The summed E-state index contributed by atoms with van der Waals surface area (Å²) in [4.78, 5) is 0. The fraction of sp³-hybridized carbons (Fsp3) is 0.900. The largest absolute Gasteiger partial charge is 0.390 e. The highest BCUT2D eigenvalue weighted by atomic mass is 35.5. The molecule has 0 aromatic carbocycles. The molecule has 0 heterocycles. The van der Waals surface area contributed by atoms with Gasteiger partial charge in [0.1, 0.15) is 0 Å². The molecular formula is C20H34ClNO2. The van der Waals surface area contributed by atoms with Crippen LogP contribution in [0.25, 0.3) is 0 Å². The summed E-state index contributed by atoms with van der Waals surface area (Å²) in [6, 6.07) is 0.187. The second-order valence-electron chi connectivity index (χ2n) is 9.52. The lowest BCUT2D eigenvalue weighted by molar-refractivity contribution is -0.210. The summed E-state index contributed by atoms with van der Waals surface area (Å²) < 4.78 is 0. The van der Waals surface area contributed by atoms with Gasteiger partial charge in [-0.25, -0.2) is 0 Å². The lowest BCUT2D eigenvalue weighted by atomic mass is 9.43. The molecule has 4 fully saturated rings. The number of aliphatic hydroxyl groups excluding tert-OH is 2. The lowest BCUT2D eigenvalue weighted by Crippen LogP contribution is -2.64. The van der Waals surface area contributed by atoms with Crippen molar-refractivity contribution >= 4 is 12.4 Å². The molecule has 0 aromatic rings. The maximum Gasteiger partial charge on any atom is 0.0836 e. The Bertz CT molecular complexity index is 526. The summed E-state index contributed by atoms with van der Waals surface area (Å²) >= 11 is 0. The molecule has 24 heavy (non-hydrogen) atoms. The molecule has 0 aliphatic heterocycles. The highest BCUT2D eigenvalue weighted by Crippen LogP contribution is 2.66. The van der Waals surface area contributed by atoms with E-state index < -0.39 is 12.2 Å². The van der Waals surface area contributed by atoms with Gasteiger partial charge < -0.3 is 15.9 Å². The van der Waals surface area contributed by atoms with E-state index in [4.69, 9.17) is 5.73 Å². The van der Waals surface area contributed by atoms with Gasteiger partial charge in [0, 0.05) is 6.04 Å². The zero-order valence-corrected chi connectivity index (χ0v) is 15.9. The molecule has 0 saturated heterocycles. The third-order valence-electron chi connectivity index (χ3n) is 8.75. The van der Waals surface area contributed by atoms with Crippen LogP contribution in [0, 0.1) is 34.5 Å². The lowest BCUT2D eigenvalue weighted by Gasteiger charge is -2.63. The van der Waals surface area contributed by atoms with E-state index in [9.17, 15) is 10.2 Å². The second-order valence-corrected chi connectivity index (χ2v) is 9.52. The number of hydrogen-bond donors (Lipinski definition) is 3. The number of allylic oxidation sites excluding steroid dienone is 1. The fourth-order valence-electron chi connectivity index (χ4n) is 7.20. The number of nitrogens with two attached hydrogens (primary N) is 1. The molecule has 4 heteroatoms. The highest BCUT2D eigenvalue weighted by Gasteiger charge is 2.63. The van der Waals surface area contributed by atoms with Crippen LogP contribution < -0.4 is 5.73 Å². The minimum atomic E-state index is -0.608. The summed E-state index contributed by atoms with van der Waals surface area (Å²) in [6.07, 6.45) is 6.45. The van der Waals surface area contributed by atoms with Crippen molar-refractivity contribution in [1.29, 1.82) is 0 Å². The van der Waals surface area contributed by atoms with Crippen LogP contribution in [0.3, 0.4) is 0 Å². The third kappa shape index (κ3) is 2.27. The molecule has 3 nitrogen and oxygen atoms in total. The molecule has 138 valence electrons. The quantitative estimate of drug-likeness (QED) is 0.584. The maximum absolute atomic E-state index is 11.0. The Balaban J connectivity index is 0.00000169. The van der Waals surface area contributed by atoms with Crippen LogP contribution in [0.1, 0.15) is 58.8 Å². The molecule has 0 spiro atoms. The molecule has 4 rings (SSSR count). The van der Waals surface area contributed by atoms with Gasteiger partial charge in [-0.15, -0.1) is 12.4 Å². The zero-order valence-electron chi connectivity index (χ0n) is 15.1. The van der Waals surface area contributed by atoms with Crippen molar-refractivity contribution in [2.24, 2.45) is 40.2 Å². The minimum absolute atomic E-state index is 0. The first-order valence-corrected chi connectivity index (χ1v) is 9.59. The van der Waals surface area contributed by atoms with Crippen LogP contribution in [0.15, 0.2) is 12.2 Å². The summed E-state index contributed by atoms with van der Waals surface area (Å²) in [5.74, 6) is 1.42. The van der Waals surface area contributed by atoms with Gasteiger partial charge in [0.15, 0.2) is 0 Å². The number of fused-ring (bicyclic) bond motifs is 5. The maximum atomic E-state index is 11.0. The monoisotopic (exact) mass is 355 g/mol. The van der Waals surface area contributed by atoms with E-state index in [1.807, 2.05) is 0 Å². The highest BCUT2D eigenvalue weighted by molar-refractivity contribution is 5.85. The summed E-state index contributed by atoms with van der Waals surface area (Å²) in [5, 5.41) is 22.0. The van der Waals surface area contributed by atoms with Crippen LogP contribution in [0.4, 0.5) is 0 Å². The summed E-state index contributed by atoms with van der Waals surface area (Å²) in [7, 11) is 0. The zero-order chi connectivity index (χ0) is 16.6. The predicted octanol–water partition coefficient (Wildman–Crippen LogP) is 3.28. The van der Waals surface area contributed by atoms with Gasteiger partial charge in [-0.2, -0.15) is 0 Å². The molecule has 4 unspecified atom stereocenters. The minimum Gasteiger partial charge on any atom is -0.390 e. The van der Waals surface area contributed by atoms with Gasteiger partial charge in [0.25, 0.3) is 0 Å². The van der Waals surface area contributed by atoms with Gasteiger partial charge in [0.05, 0.1) is 12.2 Å². The van der Waals surface area contributed by atoms with Crippen LogP contribution in [-0.2, 0) is 0 Å². The Morgan fingerprint density at radius 1 is 1.00 bits per heavy atom. The van der Waals surface area contributed by atoms with Crippen molar-refractivity contribution in [1.82, 2.24) is 0 Å². The Morgan fingerprint density at radius 3 is 2.42 bits per heavy atom. The summed E-state index contributed by atoms with van der Waals surface area (Å²) in [6.45, 7) is 9.07. The molecule has 4 saturated carbocycles.